The molecule has 6 heteroatoms. The fourth-order valence-corrected chi connectivity index (χ4v) is 1.97. The van der Waals surface area contributed by atoms with E-state index in [4.69, 9.17) is 4.74 Å². The lowest BCUT2D eigenvalue weighted by Crippen LogP contribution is -2.32. The zero-order valence-corrected chi connectivity index (χ0v) is 13.6. The third-order valence-corrected chi connectivity index (χ3v) is 3.38. The molecule has 114 valence electrons. The molecule has 1 heterocycles. The van der Waals surface area contributed by atoms with Gasteiger partial charge in [0.2, 0.25) is 5.78 Å². The second-order valence-electron chi connectivity index (χ2n) is 4.68. The van der Waals surface area contributed by atoms with E-state index in [2.05, 4.69) is 20.9 Å². The first-order valence-corrected chi connectivity index (χ1v) is 7.42. The van der Waals surface area contributed by atoms with Gasteiger partial charge in [-0.3, -0.25) is 9.78 Å². The number of rotatable bonds is 5. The van der Waals surface area contributed by atoms with Crippen LogP contribution in [0.25, 0.3) is 0 Å². The summed E-state index contributed by atoms with van der Waals surface area (Å²) in [5.74, 6) is -0.244. The summed E-state index contributed by atoms with van der Waals surface area (Å²) in [4.78, 5) is 29.1. The van der Waals surface area contributed by atoms with Crippen LogP contribution in [0.1, 0.15) is 16.1 Å². The predicted molar refractivity (Wildman–Crippen MR) is 85.5 cm³/mol. The number of carbonyl (C=O) groups is 2. The molecule has 0 bridgehead atoms. The highest BCUT2D eigenvalue weighted by Gasteiger charge is 2.16. The number of ether oxygens (including phenoxy) is 1. The molecule has 1 aromatic heterocycles. The molecule has 22 heavy (non-hydrogen) atoms. The average molecular weight is 363 g/mol. The van der Waals surface area contributed by atoms with Crippen LogP contribution in [0.2, 0.25) is 0 Å². The van der Waals surface area contributed by atoms with E-state index >= 15 is 0 Å². The Morgan fingerprint density at radius 3 is 2.55 bits per heavy atom. The maximum atomic E-state index is 12.0. The molecule has 5 nitrogen and oxygen atoms in total. The molecule has 1 aromatic carbocycles. The van der Waals surface area contributed by atoms with Gasteiger partial charge in [0.05, 0.1) is 6.54 Å². The van der Waals surface area contributed by atoms with E-state index in [1.807, 2.05) is 30.3 Å². The first-order chi connectivity index (χ1) is 10.6. The van der Waals surface area contributed by atoms with Crippen molar-refractivity contribution in [3.63, 3.8) is 0 Å². The molecular formula is C16H15BrN2O3. The van der Waals surface area contributed by atoms with Crippen LogP contribution in [0.4, 0.5) is 4.79 Å². The van der Waals surface area contributed by atoms with Gasteiger partial charge >= 0.3 is 6.09 Å². The van der Waals surface area contributed by atoms with Crippen molar-refractivity contribution in [3.8, 4) is 0 Å². The van der Waals surface area contributed by atoms with Crippen molar-refractivity contribution in [1.82, 2.24) is 9.88 Å². The Morgan fingerprint density at radius 1 is 1.18 bits per heavy atom. The van der Waals surface area contributed by atoms with Gasteiger partial charge in [0.1, 0.15) is 12.3 Å². The summed E-state index contributed by atoms with van der Waals surface area (Å²) in [7, 11) is 1.52. The molecule has 0 saturated carbocycles. The number of likely N-dealkylation sites (N-methyl/N-ethyl adjacent to an activating group) is 1. The van der Waals surface area contributed by atoms with E-state index in [9.17, 15) is 9.59 Å². The Bertz CT molecular complexity index is 644. The molecule has 2 aromatic rings. The summed E-state index contributed by atoms with van der Waals surface area (Å²) in [6.45, 7) is 0.0942. The van der Waals surface area contributed by atoms with Gasteiger partial charge in [-0.05, 0) is 33.6 Å². The molecular weight excluding hydrogens is 348 g/mol. The quantitative estimate of drug-likeness (QED) is 0.765. The van der Waals surface area contributed by atoms with Crippen LogP contribution in [0.3, 0.4) is 0 Å². The number of hydrogen-bond acceptors (Lipinski definition) is 4. The number of benzene rings is 1. The Labute approximate surface area is 137 Å². The Balaban J connectivity index is 1.85. The number of nitrogens with zero attached hydrogens (tertiary/aromatic N) is 2. The van der Waals surface area contributed by atoms with Crippen LogP contribution in [0.5, 0.6) is 0 Å². The number of hydrogen-bond donors (Lipinski definition) is 0. The Kier molecular flexibility index (Phi) is 5.66. The average Bonchev–Trinajstić information content (AvgIpc) is 2.54. The first kappa shape index (κ1) is 16.2. The smallest absolute Gasteiger partial charge is 0.410 e. The van der Waals surface area contributed by atoms with Gasteiger partial charge in [-0.25, -0.2) is 4.79 Å². The third-order valence-electron chi connectivity index (χ3n) is 2.91. The summed E-state index contributed by atoms with van der Waals surface area (Å²) in [5, 5.41) is 0. The van der Waals surface area contributed by atoms with Crippen LogP contribution in [0, 0.1) is 0 Å². The van der Waals surface area contributed by atoms with E-state index in [1.165, 1.54) is 11.9 Å². The lowest BCUT2D eigenvalue weighted by Gasteiger charge is -2.16. The minimum atomic E-state index is -0.547. The zero-order valence-electron chi connectivity index (χ0n) is 12.0. The molecule has 0 radical (unpaired) electrons. The number of amides is 1. The van der Waals surface area contributed by atoms with E-state index < -0.39 is 6.09 Å². The summed E-state index contributed by atoms with van der Waals surface area (Å²) < 4.78 is 5.94. The van der Waals surface area contributed by atoms with Gasteiger partial charge in [-0.1, -0.05) is 30.3 Å². The van der Waals surface area contributed by atoms with Crippen LogP contribution >= 0.6 is 15.9 Å². The summed E-state index contributed by atoms with van der Waals surface area (Å²) >= 11 is 3.25. The fourth-order valence-electron chi connectivity index (χ4n) is 1.73. The Hall–Kier alpha value is -2.21. The summed E-state index contributed by atoms with van der Waals surface area (Å²) in [5.41, 5.74) is 1.20. The van der Waals surface area contributed by atoms with Gasteiger partial charge in [0, 0.05) is 17.7 Å². The van der Waals surface area contributed by atoms with E-state index in [-0.39, 0.29) is 18.9 Å². The molecule has 0 unspecified atom stereocenters. The number of carbonyl (C=O) groups excluding carboxylic acids is 2. The van der Waals surface area contributed by atoms with Crippen molar-refractivity contribution in [2.45, 2.75) is 6.61 Å². The normalized spacial score (nSPS) is 10.1. The number of ketones is 1. The molecule has 2 rings (SSSR count). The maximum absolute atomic E-state index is 12.0. The van der Waals surface area contributed by atoms with E-state index in [0.717, 1.165) is 10.0 Å². The number of aromatic nitrogens is 1. The second kappa shape index (κ2) is 7.70. The van der Waals surface area contributed by atoms with Gasteiger partial charge in [-0.2, -0.15) is 0 Å². The van der Waals surface area contributed by atoms with E-state index in [0.29, 0.717) is 5.69 Å². The summed E-state index contributed by atoms with van der Waals surface area (Å²) in [6, 6.07) is 12.7. The first-order valence-electron chi connectivity index (χ1n) is 6.63. The second-order valence-corrected chi connectivity index (χ2v) is 5.60. The van der Waals surface area contributed by atoms with Crippen molar-refractivity contribution in [1.29, 1.82) is 0 Å². The molecule has 0 N–H and O–H groups in total. The van der Waals surface area contributed by atoms with Crippen LogP contribution in [-0.2, 0) is 11.3 Å². The number of halogens is 1. The molecule has 1 amide bonds. The van der Waals surface area contributed by atoms with Crippen molar-refractivity contribution < 1.29 is 14.3 Å². The SMILES string of the molecule is CN(CC(=O)c1ccc(Br)cn1)C(=O)OCc1ccccc1. The van der Waals surface area contributed by atoms with Gasteiger partial charge < -0.3 is 9.64 Å². The molecule has 0 atom stereocenters. The molecule has 0 aliphatic rings. The van der Waals surface area contributed by atoms with Gasteiger partial charge in [0.25, 0.3) is 0 Å². The number of pyridine rings is 1. The molecule has 0 fully saturated rings. The topological polar surface area (TPSA) is 59.5 Å². The lowest BCUT2D eigenvalue weighted by molar-refractivity contribution is 0.0846. The van der Waals surface area contributed by atoms with Crippen LogP contribution in [-0.4, -0.2) is 35.4 Å². The Morgan fingerprint density at radius 2 is 1.91 bits per heavy atom. The minimum absolute atomic E-state index is 0.0811. The van der Waals surface area contributed by atoms with Crippen LogP contribution in [0.15, 0.2) is 53.1 Å². The minimum Gasteiger partial charge on any atom is -0.445 e. The highest BCUT2D eigenvalue weighted by atomic mass is 79.9. The zero-order chi connectivity index (χ0) is 15.9. The molecule has 0 aliphatic carbocycles. The predicted octanol–water partition coefficient (Wildman–Crippen LogP) is 3.30. The fraction of sp³-hybridized carbons (Fsp3) is 0.188. The molecule has 0 aliphatic heterocycles. The highest BCUT2D eigenvalue weighted by molar-refractivity contribution is 9.10. The van der Waals surface area contributed by atoms with E-state index in [1.54, 1.807) is 18.3 Å². The third kappa shape index (κ3) is 4.66. The monoisotopic (exact) mass is 362 g/mol. The van der Waals surface area contributed by atoms with Crippen molar-refractivity contribution in [2.24, 2.45) is 0 Å². The van der Waals surface area contributed by atoms with Crippen molar-refractivity contribution in [3.05, 3.63) is 64.4 Å². The van der Waals surface area contributed by atoms with Crippen molar-refractivity contribution in [2.75, 3.05) is 13.6 Å². The molecule has 0 saturated heterocycles. The largest absolute Gasteiger partial charge is 0.445 e. The lowest BCUT2D eigenvalue weighted by atomic mass is 10.2. The van der Waals surface area contributed by atoms with Gasteiger partial charge in [0.15, 0.2) is 0 Å². The maximum Gasteiger partial charge on any atom is 0.410 e. The highest BCUT2D eigenvalue weighted by Crippen LogP contribution is 2.08. The van der Waals surface area contributed by atoms with Crippen LogP contribution < -0.4 is 0 Å². The molecule has 0 spiro atoms. The number of Topliss-reactive ketones (excluding diaryl/α,β-unsaturated/α-hetero) is 1. The summed E-state index contributed by atoms with van der Waals surface area (Å²) in [6.07, 6.45) is 0.996. The van der Waals surface area contributed by atoms with Gasteiger partial charge in [-0.15, -0.1) is 0 Å². The standard InChI is InChI=1S/C16H15BrN2O3/c1-19(10-15(20)14-8-7-13(17)9-18-14)16(21)22-11-12-5-3-2-4-6-12/h2-9H,10-11H2,1H3. The van der Waals surface area contributed by atoms with Crippen molar-refractivity contribution >= 4 is 27.8 Å².